The van der Waals surface area contributed by atoms with Gasteiger partial charge >= 0.3 is 0 Å². The molecule has 1 N–H and O–H groups in total. The Morgan fingerprint density at radius 2 is 1.92 bits per heavy atom. The highest BCUT2D eigenvalue weighted by atomic mass is 16.5. The Labute approximate surface area is 154 Å². The van der Waals surface area contributed by atoms with E-state index in [4.69, 9.17) is 9.72 Å². The van der Waals surface area contributed by atoms with Crippen LogP contribution in [0.25, 0.3) is 11.0 Å². The molecule has 2 aromatic carbocycles. The zero-order valence-electron chi connectivity index (χ0n) is 15.4. The normalized spacial score (nSPS) is 10.8. The third kappa shape index (κ3) is 4.42. The van der Waals surface area contributed by atoms with Gasteiger partial charge in [-0.25, -0.2) is 4.98 Å². The number of nitrogens with one attached hydrogen (secondary N) is 1. The number of hydrogen-bond acceptors (Lipinski definition) is 3. The Kier molecular flexibility index (Phi) is 5.89. The lowest BCUT2D eigenvalue weighted by molar-refractivity contribution is -0.118. The fourth-order valence-corrected chi connectivity index (χ4v) is 3.04. The summed E-state index contributed by atoms with van der Waals surface area (Å²) in [6.07, 6.45) is 1.68. The maximum Gasteiger partial charge on any atom is 0.216 e. The second-order valence-electron chi connectivity index (χ2n) is 6.37. The van der Waals surface area contributed by atoms with Gasteiger partial charge in [-0.3, -0.25) is 4.79 Å². The summed E-state index contributed by atoms with van der Waals surface area (Å²) in [5.74, 6) is 1.96. The van der Waals surface area contributed by atoms with Crippen molar-refractivity contribution in [1.29, 1.82) is 0 Å². The first-order valence-electron chi connectivity index (χ1n) is 9.02. The summed E-state index contributed by atoms with van der Waals surface area (Å²) in [6, 6.07) is 16.2. The van der Waals surface area contributed by atoms with Crippen LogP contribution in [0.5, 0.6) is 5.75 Å². The first-order chi connectivity index (χ1) is 12.6. The number of imidazole rings is 1. The van der Waals surface area contributed by atoms with Gasteiger partial charge in [0.25, 0.3) is 0 Å². The van der Waals surface area contributed by atoms with E-state index in [2.05, 4.69) is 28.9 Å². The average molecular weight is 351 g/mol. The minimum atomic E-state index is 0.00475. The molecule has 0 radical (unpaired) electrons. The van der Waals surface area contributed by atoms with Gasteiger partial charge in [0.2, 0.25) is 5.91 Å². The molecule has 0 saturated heterocycles. The maximum absolute atomic E-state index is 11.0. The van der Waals surface area contributed by atoms with E-state index < -0.39 is 0 Å². The molecule has 0 saturated carbocycles. The topological polar surface area (TPSA) is 56.2 Å². The van der Waals surface area contributed by atoms with Crippen LogP contribution in [-0.2, 0) is 17.8 Å². The second-order valence-corrected chi connectivity index (χ2v) is 6.37. The summed E-state index contributed by atoms with van der Waals surface area (Å²) < 4.78 is 8.19. The molecule has 0 aliphatic heterocycles. The Morgan fingerprint density at radius 3 is 2.73 bits per heavy atom. The number of nitrogens with zero attached hydrogens (tertiary/aromatic N) is 2. The molecule has 0 fully saturated rings. The number of ether oxygens (including phenoxy) is 1. The lowest BCUT2D eigenvalue weighted by Crippen LogP contribution is -2.21. The molecule has 5 nitrogen and oxygen atoms in total. The van der Waals surface area contributed by atoms with Crippen LogP contribution in [0.3, 0.4) is 0 Å². The number of rotatable bonds is 8. The van der Waals surface area contributed by atoms with Gasteiger partial charge in [-0.2, -0.15) is 0 Å². The smallest absolute Gasteiger partial charge is 0.216 e. The van der Waals surface area contributed by atoms with Crippen LogP contribution < -0.4 is 10.1 Å². The van der Waals surface area contributed by atoms with Gasteiger partial charge in [0.05, 0.1) is 17.6 Å². The number of fused-ring (bicyclic) bond motifs is 1. The van der Waals surface area contributed by atoms with Gasteiger partial charge in [0, 0.05) is 19.9 Å². The highest BCUT2D eigenvalue weighted by Gasteiger charge is 2.10. The SMILES string of the molecule is CC(=O)NCCCc1nc2ccccc2n1CCOc1ccccc1C. The highest BCUT2D eigenvalue weighted by molar-refractivity contribution is 5.76. The molecule has 1 heterocycles. The van der Waals surface area contributed by atoms with Crippen molar-refractivity contribution in [3.63, 3.8) is 0 Å². The quantitative estimate of drug-likeness (QED) is 0.632. The number of benzene rings is 2. The van der Waals surface area contributed by atoms with Crippen molar-refractivity contribution < 1.29 is 9.53 Å². The third-order valence-corrected chi connectivity index (χ3v) is 4.35. The van der Waals surface area contributed by atoms with Crippen molar-refractivity contribution in [2.75, 3.05) is 13.2 Å². The monoisotopic (exact) mass is 351 g/mol. The molecule has 1 amide bonds. The first kappa shape index (κ1) is 18.0. The molecule has 3 aromatic rings. The molecule has 0 unspecified atom stereocenters. The lowest BCUT2D eigenvalue weighted by Gasteiger charge is -2.12. The van der Waals surface area contributed by atoms with Gasteiger partial charge in [0.15, 0.2) is 0 Å². The van der Waals surface area contributed by atoms with Crippen LogP contribution in [-0.4, -0.2) is 28.6 Å². The molecule has 26 heavy (non-hydrogen) atoms. The predicted molar refractivity (Wildman–Crippen MR) is 103 cm³/mol. The van der Waals surface area contributed by atoms with Crippen LogP contribution in [0.15, 0.2) is 48.5 Å². The van der Waals surface area contributed by atoms with Gasteiger partial charge in [-0.15, -0.1) is 0 Å². The standard InChI is InChI=1S/C21H25N3O2/c1-16-8-3-6-11-20(16)26-15-14-24-19-10-5-4-9-18(19)23-21(24)12-7-13-22-17(2)25/h3-6,8-11H,7,12-15H2,1-2H3,(H,22,25). The van der Waals surface area contributed by atoms with Crippen LogP contribution in [0.1, 0.15) is 24.7 Å². The van der Waals surface area contributed by atoms with Crippen molar-refractivity contribution in [2.45, 2.75) is 33.2 Å². The number of amides is 1. The second kappa shape index (κ2) is 8.52. The van der Waals surface area contributed by atoms with Crippen LogP contribution in [0.2, 0.25) is 0 Å². The molecule has 0 aliphatic rings. The van der Waals surface area contributed by atoms with Crippen molar-refractivity contribution >= 4 is 16.9 Å². The van der Waals surface area contributed by atoms with E-state index in [1.54, 1.807) is 0 Å². The average Bonchev–Trinajstić information content (AvgIpc) is 2.98. The van der Waals surface area contributed by atoms with Gasteiger partial charge < -0.3 is 14.6 Å². The minimum Gasteiger partial charge on any atom is -0.491 e. The van der Waals surface area contributed by atoms with E-state index in [1.807, 2.05) is 36.4 Å². The Balaban J connectivity index is 1.69. The van der Waals surface area contributed by atoms with E-state index >= 15 is 0 Å². The van der Waals surface area contributed by atoms with Gasteiger partial charge in [-0.05, 0) is 37.1 Å². The highest BCUT2D eigenvalue weighted by Crippen LogP contribution is 2.19. The maximum atomic E-state index is 11.0. The molecular formula is C21H25N3O2. The van der Waals surface area contributed by atoms with Crippen molar-refractivity contribution in [2.24, 2.45) is 0 Å². The molecular weight excluding hydrogens is 326 g/mol. The van der Waals surface area contributed by atoms with E-state index in [0.717, 1.165) is 47.6 Å². The van der Waals surface area contributed by atoms with Crippen molar-refractivity contribution in [3.8, 4) is 5.75 Å². The Bertz CT molecular complexity index is 886. The van der Waals surface area contributed by atoms with E-state index in [9.17, 15) is 4.79 Å². The molecule has 136 valence electrons. The molecule has 0 bridgehead atoms. The van der Waals surface area contributed by atoms with E-state index in [0.29, 0.717) is 13.2 Å². The number of carbonyl (C=O) groups is 1. The summed E-state index contributed by atoms with van der Waals surface area (Å²) in [4.78, 5) is 15.8. The van der Waals surface area contributed by atoms with Gasteiger partial charge in [-0.1, -0.05) is 30.3 Å². The summed E-state index contributed by atoms with van der Waals surface area (Å²) in [5.41, 5.74) is 3.26. The largest absolute Gasteiger partial charge is 0.491 e. The third-order valence-electron chi connectivity index (χ3n) is 4.35. The fraction of sp³-hybridized carbons (Fsp3) is 0.333. The zero-order valence-corrected chi connectivity index (χ0v) is 15.4. The molecule has 0 aliphatic carbocycles. The fourth-order valence-electron chi connectivity index (χ4n) is 3.04. The molecule has 1 aromatic heterocycles. The Morgan fingerprint density at radius 1 is 1.15 bits per heavy atom. The zero-order chi connectivity index (χ0) is 18.4. The summed E-state index contributed by atoms with van der Waals surface area (Å²) >= 11 is 0. The number of hydrogen-bond donors (Lipinski definition) is 1. The molecule has 3 rings (SSSR count). The van der Waals surface area contributed by atoms with E-state index in [-0.39, 0.29) is 5.91 Å². The number of carbonyl (C=O) groups excluding carboxylic acids is 1. The Hall–Kier alpha value is -2.82. The van der Waals surface area contributed by atoms with Crippen LogP contribution in [0, 0.1) is 6.92 Å². The minimum absolute atomic E-state index is 0.00475. The predicted octanol–water partition coefficient (Wildman–Crippen LogP) is 3.49. The van der Waals surface area contributed by atoms with E-state index in [1.165, 1.54) is 6.92 Å². The lowest BCUT2D eigenvalue weighted by atomic mass is 10.2. The number of aromatic nitrogens is 2. The summed E-state index contributed by atoms with van der Waals surface area (Å²) in [6.45, 7) is 5.58. The number of aryl methyl sites for hydroxylation is 2. The number of para-hydroxylation sites is 3. The first-order valence-corrected chi connectivity index (χ1v) is 9.02. The molecule has 0 atom stereocenters. The van der Waals surface area contributed by atoms with Crippen LogP contribution in [0.4, 0.5) is 0 Å². The van der Waals surface area contributed by atoms with Crippen molar-refractivity contribution in [1.82, 2.24) is 14.9 Å². The summed E-state index contributed by atoms with van der Waals surface area (Å²) in [5, 5.41) is 2.84. The molecule has 5 heteroatoms. The summed E-state index contributed by atoms with van der Waals surface area (Å²) in [7, 11) is 0. The van der Waals surface area contributed by atoms with Crippen LogP contribution >= 0.6 is 0 Å². The van der Waals surface area contributed by atoms with Gasteiger partial charge in [0.1, 0.15) is 18.2 Å². The van der Waals surface area contributed by atoms with Crippen molar-refractivity contribution in [3.05, 3.63) is 59.9 Å². The molecule has 0 spiro atoms.